The average Bonchev–Trinajstić information content (AvgIpc) is 2.46. The van der Waals surface area contributed by atoms with Gasteiger partial charge in [-0.05, 0) is 17.5 Å². The van der Waals surface area contributed by atoms with E-state index in [1.54, 1.807) is 7.11 Å². The van der Waals surface area contributed by atoms with Gasteiger partial charge in [-0.25, -0.2) is 9.97 Å². The molecular weight excluding hydrogens is 274 g/mol. The van der Waals surface area contributed by atoms with Crippen LogP contribution >= 0.6 is 11.6 Å². The van der Waals surface area contributed by atoms with Crippen molar-refractivity contribution in [3.8, 4) is 0 Å². The highest BCUT2D eigenvalue weighted by Crippen LogP contribution is 2.24. The van der Waals surface area contributed by atoms with Crippen molar-refractivity contribution in [2.75, 3.05) is 18.6 Å². The molecule has 20 heavy (non-hydrogen) atoms. The molecule has 1 aliphatic rings. The predicted molar refractivity (Wildman–Crippen MR) is 79.0 cm³/mol. The van der Waals surface area contributed by atoms with Crippen LogP contribution in [0.15, 0.2) is 30.3 Å². The summed E-state index contributed by atoms with van der Waals surface area (Å²) >= 11 is 6.07. The third-order valence-electron chi connectivity index (χ3n) is 3.46. The monoisotopic (exact) mass is 289 g/mol. The number of halogens is 1. The maximum Gasteiger partial charge on any atom is 0.158 e. The fourth-order valence-corrected chi connectivity index (χ4v) is 2.69. The van der Waals surface area contributed by atoms with Gasteiger partial charge in [-0.1, -0.05) is 35.9 Å². The lowest BCUT2D eigenvalue weighted by Gasteiger charge is -2.30. The van der Waals surface area contributed by atoms with E-state index < -0.39 is 0 Å². The molecule has 1 aromatic carbocycles. The van der Waals surface area contributed by atoms with Crippen LogP contribution in [-0.4, -0.2) is 23.6 Å². The van der Waals surface area contributed by atoms with Crippen molar-refractivity contribution in [1.29, 1.82) is 0 Å². The number of benzene rings is 1. The van der Waals surface area contributed by atoms with Gasteiger partial charge in [0.05, 0.1) is 0 Å². The number of methoxy groups -OCH3 is 1. The van der Waals surface area contributed by atoms with Crippen molar-refractivity contribution in [3.63, 3.8) is 0 Å². The third kappa shape index (κ3) is 2.76. The minimum absolute atomic E-state index is 0.373. The molecular formula is C15H16ClN3O. The van der Waals surface area contributed by atoms with Crippen LogP contribution in [0.2, 0.25) is 5.15 Å². The molecule has 1 aromatic heterocycles. The molecule has 0 N–H and O–H groups in total. The maximum absolute atomic E-state index is 6.07. The molecule has 104 valence electrons. The molecule has 0 fully saturated rings. The van der Waals surface area contributed by atoms with Crippen molar-refractivity contribution >= 4 is 17.4 Å². The fraction of sp³-hybridized carbons (Fsp3) is 0.333. The number of nitrogens with zero attached hydrogens (tertiary/aromatic N) is 3. The summed E-state index contributed by atoms with van der Waals surface area (Å²) in [5.41, 5.74) is 2.77. The number of ether oxygens (including phenoxy) is 1. The Kier molecular flexibility index (Phi) is 3.85. The molecule has 0 atom stereocenters. The Morgan fingerprint density at radius 1 is 1.25 bits per heavy atom. The normalized spacial score (nSPS) is 14.2. The van der Waals surface area contributed by atoms with Gasteiger partial charge >= 0.3 is 0 Å². The lowest BCUT2D eigenvalue weighted by Crippen LogP contribution is -2.31. The molecule has 3 rings (SSSR count). The van der Waals surface area contributed by atoms with Gasteiger partial charge in [0.15, 0.2) is 5.82 Å². The highest BCUT2D eigenvalue weighted by atomic mass is 35.5. The summed E-state index contributed by atoms with van der Waals surface area (Å²) in [6, 6.07) is 10.3. The summed E-state index contributed by atoms with van der Waals surface area (Å²) < 4.78 is 5.08. The first-order valence-electron chi connectivity index (χ1n) is 6.60. The van der Waals surface area contributed by atoms with Gasteiger partial charge in [-0.3, -0.25) is 0 Å². The summed E-state index contributed by atoms with van der Waals surface area (Å²) in [4.78, 5) is 10.9. The van der Waals surface area contributed by atoms with Crippen molar-refractivity contribution in [2.45, 2.75) is 19.6 Å². The molecule has 2 heterocycles. The van der Waals surface area contributed by atoms with Crippen molar-refractivity contribution in [2.24, 2.45) is 0 Å². The van der Waals surface area contributed by atoms with Crippen molar-refractivity contribution in [1.82, 2.24) is 9.97 Å². The minimum atomic E-state index is 0.373. The average molecular weight is 290 g/mol. The van der Waals surface area contributed by atoms with Crippen LogP contribution in [-0.2, 0) is 24.3 Å². The zero-order valence-corrected chi connectivity index (χ0v) is 12.1. The summed E-state index contributed by atoms with van der Waals surface area (Å²) in [5.74, 6) is 1.49. The van der Waals surface area contributed by atoms with Crippen molar-refractivity contribution < 1.29 is 4.74 Å². The Hall–Kier alpha value is -1.65. The largest absolute Gasteiger partial charge is 0.377 e. The van der Waals surface area contributed by atoms with Crippen LogP contribution in [0.3, 0.4) is 0 Å². The molecule has 0 saturated carbocycles. The lowest BCUT2D eigenvalue weighted by molar-refractivity contribution is 0.178. The standard InChI is InChI=1S/C15H16ClN3O/c1-20-10-14-17-13(16)8-15(18-14)19-7-6-11-4-2-3-5-12(11)9-19/h2-5,8H,6-7,9-10H2,1H3. The summed E-state index contributed by atoms with van der Waals surface area (Å²) in [5, 5.41) is 0.459. The van der Waals surface area contributed by atoms with Crippen LogP contribution in [0.4, 0.5) is 5.82 Å². The van der Waals surface area contributed by atoms with Gasteiger partial charge in [-0.15, -0.1) is 0 Å². The van der Waals surface area contributed by atoms with Gasteiger partial charge in [0.25, 0.3) is 0 Å². The predicted octanol–water partition coefficient (Wildman–Crippen LogP) is 2.84. The van der Waals surface area contributed by atoms with Gasteiger partial charge in [-0.2, -0.15) is 0 Å². The molecule has 5 heteroatoms. The molecule has 4 nitrogen and oxygen atoms in total. The lowest BCUT2D eigenvalue weighted by atomic mass is 10.00. The highest BCUT2D eigenvalue weighted by molar-refractivity contribution is 6.29. The molecule has 0 radical (unpaired) electrons. The number of hydrogen-bond acceptors (Lipinski definition) is 4. The Morgan fingerprint density at radius 2 is 2.05 bits per heavy atom. The molecule has 0 bridgehead atoms. The molecule has 1 aliphatic heterocycles. The quantitative estimate of drug-likeness (QED) is 0.815. The Labute approximate surface area is 123 Å². The Balaban J connectivity index is 1.87. The van der Waals surface area contributed by atoms with E-state index in [0.29, 0.717) is 17.6 Å². The second-order valence-corrected chi connectivity index (χ2v) is 5.23. The van der Waals surface area contributed by atoms with Crippen LogP contribution in [0, 0.1) is 0 Å². The van der Waals surface area contributed by atoms with Gasteiger partial charge in [0.1, 0.15) is 17.6 Å². The fourth-order valence-electron chi connectivity index (χ4n) is 2.50. The summed E-state index contributed by atoms with van der Waals surface area (Å²) in [6.07, 6.45) is 1.03. The number of fused-ring (bicyclic) bond motifs is 1. The smallest absolute Gasteiger partial charge is 0.158 e. The van der Waals surface area contributed by atoms with E-state index in [0.717, 1.165) is 25.3 Å². The Morgan fingerprint density at radius 3 is 2.85 bits per heavy atom. The van der Waals surface area contributed by atoms with E-state index in [1.165, 1.54) is 11.1 Å². The van der Waals surface area contributed by atoms with Crippen LogP contribution in [0.25, 0.3) is 0 Å². The van der Waals surface area contributed by atoms with Gasteiger partial charge < -0.3 is 9.64 Å². The molecule has 0 unspecified atom stereocenters. The van der Waals surface area contributed by atoms with E-state index in [4.69, 9.17) is 16.3 Å². The molecule has 0 aliphatic carbocycles. The number of rotatable bonds is 3. The summed E-state index contributed by atoms with van der Waals surface area (Å²) in [6.45, 7) is 2.17. The minimum Gasteiger partial charge on any atom is -0.377 e. The van der Waals surface area contributed by atoms with Crippen LogP contribution < -0.4 is 4.90 Å². The molecule has 0 spiro atoms. The van der Waals surface area contributed by atoms with Crippen LogP contribution in [0.1, 0.15) is 17.0 Å². The van der Waals surface area contributed by atoms with E-state index in [-0.39, 0.29) is 0 Å². The first-order valence-corrected chi connectivity index (χ1v) is 6.98. The van der Waals surface area contributed by atoms with E-state index >= 15 is 0 Å². The van der Waals surface area contributed by atoms with Crippen molar-refractivity contribution in [3.05, 3.63) is 52.4 Å². The zero-order chi connectivity index (χ0) is 13.9. The first kappa shape index (κ1) is 13.3. The maximum atomic E-state index is 6.07. The topological polar surface area (TPSA) is 38.2 Å². The Bertz CT molecular complexity index is 618. The van der Waals surface area contributed by atoms with E-state index in [9.17, 15) is 0 Å². The van der Waals surface area contributed by atoms with E-state index in [2.05, 4.69) is 39.1 Å². The zero-order valence-electron chi connectivity index (χ0n) is 11.3. The second-order valence-electron chi connectivity index (χ2n) is 4.84. The second kappa shape index (κ2) is 5.77. The van der Waals surface area contributed by atoms with Gasteiger partial charge in [0.2, 0.25) is 0 Å². The number of anilines is 1. The number of aromatic nitrogens is 2. The molecule has 0 saturated heterocycles. The molecule has 0 amide bonds. The first-order chi connectivity index (χ1) is 9.76. The van der Waals surface area contributed by atoms with Crippen LogP contribution in [0.5, 0.6) is 0 Å². The highest BCUT2D eigenvalue weighted by Gasteiger charge is 2.18. The SMILES string of the molecule is COCc1nc(Cl)cc(N2CCc3ccccc3C2)n1. The van der Waals surface area contributed by atoms with Gasteiger partial charge in [0, 0.05) is 26.3 Å². The summed E-state index contributed by atoms with van der Waals surface area (Å²) in [7, 11) is 1.63. The number of hydrogen-bond donors (Lipinski definition) is 0. The molecule has 2 aromatic rings. The van der Waals surface area contributed by atoms with E-state index in [1.807, 2.05) is 6.07 Å². The third-order valence-corrected chi connectivity index (χ3v) is 3.65.